The monoisotopic (exact) mass is 275 g/mol. The van der Waals surface area contributed by atoms with Gasteiger partial charge >= 0.3 is 0 Å². The zero-order valence-electron chi connectivity index (χ0n) is 11.1. The molecule has 2 heterocycles. The lowest BCUT2D eigenvalue weighted by molar-refractivity contribution is -0.121. The van der Waals surface area contributed by atoms with Crippen molar-refractivity contribution in [2.24, 2.45) is 0 Å². The first-order valence-corrected chi connectivity index (χ1v) is 7.05. The van der Waals surface area contributed by atoms with Gasteiger partial charge in [0.2, 0.25) is 5.91 Å². The van der Waals surface area contributed by atoms with Gasteiger partial charge in [-0.2, -0.15) is 0 Å². The Bertz CT molecular complexity index is 532. The van der Waals surface area contributed by atoms with Crippen molar-refractivity contribution in [1.82, 2.24) is 15.3 Å². The van der Waals surface area contributed by atoms with Gasteiger partial charge in [-0.25, -0.2) is 4.98 Å². The molecule has 0 saturated carbocycles. The molecular weight excluding hydrogens is 258 g/mol. The zero-order valence-corrected chi connectivity index (χ0v) is 12.0. The van der Waals surface area contributed by atoms with E-state index in [4.69, 9.17) is 0 Å². The highest BCUT2D eigenvalue weighted by Crippen LogP contribution is 2.17. The molecule has 0 aliphatic carbocycles. The standard InChI is InChI=1S/C14H17N3OS/c1-10-11(2)19-14(17-10)6-5-13(18)16-9-12-4-3-7-15-8-12/h3-4,7-8H,5-6,9H2,1-2H3,(H,16,18). The van der Waals surface area contributed by atoms with Crippen molar-refractivity contribution in [2.45, 2.75) is 33.2 Å². The number of nitrogens with one attached hydrogen (secondary N) is 1. The summed E-state index contributed by atoms with van der Waals surface area (Å²) in [6.07, 6.45) is 4.66. The van der Waals surface area contributed by atoms with Crippen LogP contribution in [-0.2, 0) is 17.8 Å². The topological polar surface area (TPSA) is 54.9 Å². The molecule has 0 saturated heterocycles. The maximum atomic E-state index is 11.7. The third-order valence-corrected chi connectivity index (χ3v) is 3.98. The molecule has 100 valence electrons. The average Bonchev–Trinajstić information content (AvgIpc) is 2.74. The van der Waals surface area contributed by atoms with E-state index in [0.717, 1.165) is 16.3 Å². The van der Waals surface area contributed by atoms with Gasteiger partial charge < -0.3 is 5.32 Å². The van der Waals surface area contributed by atoms with Gasteiger partial charge in [-0.3, -0.25) is 9.78 Å². The molecule has 0 unspecified atom stereocenters. The molecule has 0 radical (unpaired) electrons. The molecule has 0 aromatic carbocycles. The third kappa shape index (κ3) is 4.13. The van der Waals surface area contributed by atoms with E-state index in [1.54, 1.807) is 23.7 Å². The molecule has 1 N–H and O–H groups in total. The Kier molecular flexibility index (Phi) is 4.63. The number of aromatic nitrogens is 2. The van der Waals surface area contributed by atoms with Crippen LogP contribution in [0.3, 0.4) is 0 Å². The molecule has 2 rings (SSSR count). The van der Waals surface area contributed by atoms with Crippen molar-refractivity contribution in [3.8, 4) is 0 Å². The van der Waals surface area contributed by atoms with Crippen molar-refractivity contribution in [2.75, 3.05) is 0 Å². The quantitative estimate of drug-likeness (QED) is 0.911. The fraction of sp³-hybridized carbons (Fsp3) is 0.357. The normalized spacial score (nSPS) is 10.4. The Balaban J connectivity index is 1.76. The minimum absolute atomic E-state index is 0.0503. The molecule has 0 aliphatic heterocycles. The average molecular weight is 275 g/mol. The third-order valence-electron chi connectivity index (χ3n) is 2.85. The van der Waals surface area contributed by atoms with Gasteiger partial charge in [0.1, 0.15) is 0 Å². The molecule has 2 aromatic rings. The van der Waals surface area contributed by atoms with Crippen molar-refractivity contribution >= 4 is 17.2 Å². The number of aryl methyl sites for hydroxylation is 3. The summed E-state index contributed by atoms with van der Waals surface area (Å²) >= 11 is 1.67. The summed E-state index contributed by atoms with van der Waals surface area (Å²) in [5.74, 6) is 0.0503. The molecule has 1 amide bonds. The minimum Gasteiger partial charge on any atom is -0.352 e. The summed E-state index contributed by atoms with van der Waals surface area (Å²) in [6.45, 7) is 4.58. The highest BCUT2D eigenvalue weighted by atomic mass is 32.1. The molecular formula is C14H17N3OS. The summed E-state index contributed by atoms with van der Waals surface area (Å²) in [4.78, 5) is 21.4. The molecule has 4 nitrogen and oxygen atoms in total. The number of pyridine rings is 1. The summed E-state index contributed by atoms with van der Waals surface area (Å²) in [6, 6.07) is 3.81. The molecule has 2 aromatic heterocycles. The van der Waals surface area contributed by atoms with Crippen LogP contribution >= 0.6 is 11.3 Å². The summed E-state index contributed by atoms with van der Waals surface area (Å²) in [7, 11) is 0. The summed E-state index contributed by atoms with van der Waals surface area (Å²) < 4.78 is 0. The minimum atomic E-state index is 0.0503. The van der Waals surface area contributed by atoms with Crippen LogP contribution in [0.1, 0.15) is 27.6 Å². The van der Waals surface area contributed by atoms with Crippen LogP contribution in [0.5, 0.6) is 0 Å². The second kappa shape index (κ2) is 6.43. The first-order valence-electron chi connectivity index (χ1n) is 6.23. The first-order chi connectivity index (χ1) is 9.15. The molecule has 0 aliphatic rings. The maximum Gasteiger partial charge on any atom is 0.220 e. The van der Waals surface area contributed by atoms with E-state index in [9.17, 15) is 4.79 Å². The number of carbonyl (C=O) groups is 1. The number of nitrogens with zero attached hydrogens (tertiary/aromatic N) is 2. The van der Waals surface area contributed by atoms with Gasteiger partial charge in [0.25, 0.3) is 0 Å². The van der Waals surface area contributed by atoms with E-state index in [1.807, 2.05) is 19.1 Å². The number of hydrogen-bond donors (Lipinski definition) is 1. The molecule has 19 heavy (non-hydrogen) atoms. The van der Waals surface area contributed by atoms with E-state index in [2.05, 4.69) is 22.2 Å². The first kappa shape index (κ1) is 13.7. The maximum absolute atomic E-state index is 11.7. The summed E-state index contributed by atoms with van der Waals surface area (Å²) in [5, 5.41) is 3.92. The zero-order chi connectivity index (χ0) is 13.7. The lowest BCUT2D eigenvalue weighted by Crippen LogP contribution is -2.23. The Hall–Kier alpha value is -1.75. The van der Waals surface area contributed by atoms with E-state index in [-0.39, 0.29) is 5.91 Å². The Morgan fingerprint density at radius 2 is 2.26 bits per heavy atom. The van der Waals surface area contributed by atoms with E-state index < -0.39 is 0 Å². The fourth-order valence-corrected chi connectivity index (χ4v) is 2.59. The lowest BCUT2D eigenvalue weighted by atomic mass is 10.2. The highest BCUT2D eigenvalue weighted by molar-refractivity contribution is 7.11. The van der Waals surface area contributed by atoms with Crippen LogP contribution in [0.2, 0.25) is 0 Å². The Morgan fingerprint density at radius 1 is 1.42 bits per heavy atom. The predicted octanol–water partition coefficient (Wildman–Crippen LogP) is 2.40. The van der Waals surface area contributed by atoms with Gasteiger partial charge in [0.05, 0.1) is 10.7 Å². The van der Waals surface area contributed by atoms with Crippen LogP contribution in [0.4, 0.5) is 0 Å². The van der Waals surface area contributed by atoms with Crippen LogP contribution in [0.25, 0.3) is 0 Å². The smallest absolute Gasteiger partial charge is 0.220 e. The number of thiazole rings is 1. The SMILES string of the molecule is Cc1nc(CCC(=O)NCc2cccnc2)sc1C. The Morgan fingerprint density at radius 3 is 2.89 bits per heavy atom. The number of amides is 1. The molecule has 0 bridgehead atoms. The predicted molar refractivity (Wildman–Crippen MR) is 76.0 cm³/mol. The molecule has 0 spiro atoms. The Labute approximate surface area is 116 Å². The van der Waals surface area contributed by atoms with Gasteiger partial charge in [0.15, 0.2) is 0 Å². The summed E-state index contributed by atoms with van der Waals surface area (Å²) in [5.41, 5.74) is 2.08. The second-order valence-corrected chi connectivity index (χ2v) is 5.67. The van der Waals surface area contributed by atoms with Gasteiger partial charge in [-0.15, -0.1) is 11.3 Å². The highest BCUT2D eigenvalue weighted by Gasteiger charge is 2.07. The number of rotatable bonds is 5. The number of hydrogen-bond acceptors (Lipinski definition) is 4. The molecule has 0 atom stereocenters. The number of carbonyl (C=O) groups excluding carboxylic acids is 1. The fourth-order valence-electron chi connectivity index (χ4n) is 1.66. The van der Waals surface area contributed by atoms with E-state index in [0.29, 0.717) is 19.4 Å². The largest absolute Gasteiger partial charge is 0.352 e. The van der Waals surface area contributed by atoms with Crippen LogP contribution < -0.4 is 5.32 Å². The van der Waals surface area contributed by atoms with Crippen molar-refractivity contribution in [3.05, 3.63) is 45.7 Å². The van der Waals surface area contributed by atoms with Crippen LogP contribution in [0, 0.1) is 13.8 Å². The van der Waals surface area contributed by atoms with Crippen molar-refractivity contribution in [1.29, 1.82) is 0 Å². The lowest BCUT2D eigenvalue weighted by Gasteiger charge is -2.03. The van der Waals surface area contributed by atoms with E-state index >= 15 is 0 Å². The van der Waals surface area contributed by atoms with E-state index in [1.165, 1.54) is 4.88 Å². The van der Waals surface area contributed by atoms with Crippen molar-refractivity contribution in [3.63, 3.8) is 0 Å². The second-order valence-electron chi connectivity index (χ2n) is 4.39. The van der Waals surface area contributed by atoms with Crippen LogP contribution in [-0.4, -0.2) is 15.9 Å². The molecule has 0 fully saturated rings. The van der Waals surface area contributed by atoms with Crippen molar-refractivity contribution < 1.29 is 4.79 Å². The van der Waals surface area contributed by atoms with Gasteiger partial charge in [0, 0.05) is 36.7 Å². The van der Waals surface area contributed by atoms with Gasteiger partial charge in [-0.05, 0) is 25.5 Å². The van der Waals surface area contributed by atoms with Crippen LogP contribution in [0.15, 0.2) is 24.5 Å². The molecule has 5 heteroatoms. The van der Waals surface area contributed by atoms with Gasteiger partial charge in [-0.1, -0.05) is 6.07 Å².